The molecule has 12 heavy (non-hydrogen) atoms. The molecule has 1 heterocycles. The van der Waals surface area contributed by atoms with Gasteiger partial charge < -0.3 is 5.73 Å². The summed E-state index contributed by atoms with van der Waals surface area (Å²) in [6.07, 6.45) is 4.74. The van der Waals surface area contributed by atoms with Gasteiger partial charge in [-0.2, -0.15) is 5.10 Å². The molecule has 0 aliphatic carbocycles. The molecule has 0 atom stereocenters. The lowest BCUT2D eigenvalue weighted by Crippen LogP contribution is -2.06. The highest BCUT2D eigenvalue weighted by Gasteiger charge is 1.93. The summed E-state index contributed by atoms with van der Waals surface area (Å²) in [4.78, 5) is 4.09. The fourth-order valence-electron chi connectivity index (χ4n) is 0.962. The molecule has 66 valence electrons. The van der Waals surface area contributed by atoms with E-state index in [1.807, 2.05) is 19.4 Å². The zero-order chi connectivity index (χ0) is 8.97. The Hall–Kier alpha value is -1.32. The molecule has 0 spiro atoms. The third-order valence-electron chi connectivity index (χ3n) is 1.52. The van der Waals surface area contributed by atoms with E-state index in [9.17, 15) is 0 Å². The molecule has 0 aliphatic heterocycles. The van der Waals surface area contributed by atoms with Gasteiger partial charge in [0.25, 0.3) is 0 Å². The van der Waals surface area contributed by atoms with Gasteiger partial charge in [0, 0.05) is 19.8 Å². The van der Waals surface area contributed by atoms with Gasteiger partial charge in [0.1, 0.15) is 0 Å². The summed E-state index contributed by atoms with van der Waals surface area (Å²) >= 11 is 0. The average Bonchev–Trinajstić information content (AvgIpc) is 2.35. The summed E-state index contributed by atoms with van der Waals surface area (Å²) in [6.45, 7) is 2.54. The number of rotatable bonds is 3. The molecule has 1 rings (SSSR count). The summed E-state index contributed by atoms with van der Waals surface area (Å²) < 4.78 is 1.79. The molecule has 0 saturated carbocycles. The molecule has 4 nitrogen and oxygen atoms in total. The van der Waals surface area contributed by atoms with Crippen LogP contribution in [-0.2, 0) is 13.5 Å². The van der Waals surface area contributed by atoms with Crippen LogP contribution in [0.4, 0.5) is 0 Å². The molecule has 0 fully saturated rings. The van der Waals surface area contributed by atoms with Gasteiger partial charge in [-0.1, -0.05) is 0 Å². The first-order valence-corrected chi connectivity index (χ1v) is 3.92. The normalized spacial score (nSPS) is 12.0. The number of aromatic nitrogens is 2. The van der Waals surface area contributed by atoms with Crippen molar-refractivity contribution < 1.29 is 0 Å². The van der Waals surface area contributed by atoms with Crippen LogP contribution in [0.25, 0.3) is 0 Å². The highest BCUT2D eigenvalue weighted by atomic mass is 15.2. The summed E-state index contributed by atoms with van der Waals surface area (Å²) in [6, 6.07) is 0. The smallest absolute Gasteiger partial charge is 0.0905 e. The first-order valence-electron chi connectivity index (χ1n) is 3.92. The van der Waals surface area contributed by atoms with Gasteiger partial charge in [0.05, 0.1) is 12.0 Å². The molecule has 0 saturated heterocycles. The van der Waals surface area contributed by atoms with Crippen LogP contribution in [0.5, 0.6) is 0 Å². The van der Waals surface area contributed by atoms with E-state index in [2.05, 4.69) is 10.1 Å². The SMILES string of the molecule is CC(N)=NCCc1cnn(C)c1. The third-order valence-corrected chi connectivity index (χ3v) is 1.52. The molecular weight excluding hydrogens is 152 g/mol. The van der Waals surface area contributed by atoms with Gasteiger partial charge in [-0.25, -0.2) is 0 Å². The molecule has 0 bridgehead atoms. The lowest BCUT2D eigenvalue weighted by atomic mass is 10.2. The second-order valence-electron chi connectivity index (χ2n) is 2.80. The van der Waals surface area contributed by atoms with Crippen LogP contribution in [0, 0.1) is 0 Å². The van der Waals surface area contributed by atoms with E-state index < -0.39 is 0 Å². The summed E-state index contributed by atoms with van der Waals surface area (Å²) in [7, 11) is 1.90. The second kappa shape index (κ2) is 3.90. The Balaban J connectivity index is 2.38. The van der Waals surface area contributed by atoms with Crippen LogP contribution >= 0.6 is 0 Å². The van der Waals surface area contributed by atoms with Crippen LogP contribution in [0.1, 0.15) is 12.5 Å². The molecule has 0 unspecified atom stereocenters. The monoisotopic (exact) mass is 166 g/mol. The molecule has 0 aliphatic rings. The van der Waals surface area contributed by atoms with Crippen molar-refractivity contribution in [1.82, 2.24) is 9.78 Å². The standard InChI is InChI=1S/C8H14N4/c1-7(9)10-4-3-8-5-11-12(2)6-8/h5-6H,3-4H2,1-2H3,(H2,9,10). The zero-order valence-electron chi connectivity index (χ0n) is 7.49. The Morgan fingerprint density at radius 1 is 1.75 bits per heavy atom. The van der Waals surface area contributed by atoms with Gasteiger partial charge in [-0.05, 0) is 18.9 Å². The van der Waals surface area contributed by atoms with Crippen molar-refractivity contribution in [3.05, 3.63) is 18.0 Å². The van der Waals surface area contributed by atoms with Crippen molar-refractivity contribution in [2.24, 2.45) is 17.8 Å². The number of hydrogen-bond donors (Lipinski definition) is 1. The van der Waals surface area contributed by atoms with Crippen LogP contribution in [0.3, 0.4) is 0 Å². The minimum absolute atomic E-state index is 0.638. The summed E-state index contributed by atoms with van der Waals surface area (Å²) in [5, 5.41) is 4.05. The van der Waals surface area contributed by atoms with Crippen molar-refractivity contribution in [2.45, 2.75) is 13.3 Å². The maximum Gasteiger partial charge on any atom is 0.0905 e. The van der Waals surface area contributed by atoms with E-state index in [1.54, 1.807) is 11.6 Å². The molecule has 2 N–H and O–H groups in total. The van der Waals surface area contributed by atoms with Crippen LogP contribution in [0.15, 0.2) is 17.4 Å². The van der Waals surface area contributed by atoms with Gasteiger partial charge in [-0.15, -0.1) is 0 Å². The van der Waals surface area contributed by atoms with E-state index >= 15 is 0 Å². The number of amidine groups is 1. The van der Waals surface area contributed by atoms with Gasteiger partial charge in [0.2, 0.25) is 0 Å². The minimum atomic E-state index is 0.638. The van der Waals surface area contributed by atoms with Crippen molar-refractivity contribution in [2.75, 3.05) is 6.54 Å². The van der Waals surface area contributed by atoms with Crippen molar-refractivity contribution in [1.29, 1.82) is 0 Å². The van der Waals surface area contributed by atoms with E-state index in [0.29, 0.717) is 5.84 Å². The highest BCUT2D eigenvalue weighted by molar-refractivity contribution is 5.77. The summed E-state index contributed by atoms with van der Waals surface area (Å²) in [5.41, 5.74) is 6.59. The van der Waals surface area contributed by atoms with Crippen LogP contribution < -0.4 is 5.73 Å². The number of hydrogen-bond acceptors (Lipinski definition) is 2. The molecule has 4 heteroatoms. The Kier molecular flexibility index (Phi) is 2.85. The molecule has 1 aromatic rings. The number of aliphatic imine (C=N–C) groups is 1. The van der Waals surface area contributed by atoms with Crippen molar-refractivity contribution in [3.63, 3.8) is 0 Å². The second-order valence-corrected chi connectivity index (χ2v) is 2.80. The van der Waals surface area contributed by atoms with E-state index in [0.717, 1.165) is 13.0 Å². The predicted molar refractivity (Wildman–Crippen MR) is 49.1 cm³/mol. The molecule has 0 radical (unpaired) electrons. The van der Waals surface area contributed by atoms with Crippen LogP contribution in [-0.4, -0.2) is 22.2 Å². The van der Waals surface area contributed by atoms with Crippen LogP contribution in [0.2, 0.25) is 0 Å². The van der Waals surface area contributed by atoms with E-state index in [-0.39, 0.29) is 0 Å². The molecule has 1 aromatic heterocycles. The predicted octanol–water partition coefficient (Wildman–Crippen LogP) is 0.340. The van der Waals surface area contributed by atoms with E-state index in [4.69, 9.17) is 5.73 Å². The molecule has 0 aromatic carbocycles. The largest absolute Gasteiger partial charge is 0.388 e. The summed E-state index contributed by atoms with van der Waals surface area (Å²) in [5.74, 6) is 0.638. The zero-order valence-corrected chi connectivity index (χ0v) is 7.49. The highest BCUT2D eigenvalue weighted by Crippen LogP contribution is 1.97. The lowest BCUT2D eigenvalue weighted by Gasteiger charge is -1.92. The molecular formula is C8H14N4. The Morgan fingerprint density at radius 3 is 3.00 bits per heavy atom. The third kappa shape index (κ3) is 2.74. The fraction of sp³-hybridized carbons (Fsp3) is 0.500. The number of aryl methyl sites for hydroxylation is 1. The molecule has 0 amide bonds. The Morgan fingerprint density at radius 2 is 2.50 bits per heavy atom. The van der Waals surface area contributed by atoms with Gasteiger partial charge in [0.15, 0.2) is 0 Å². The number of nitrogens with zero attached hydrogens (tertiary/aromatic N) is 3. The average molecular weight is 166 g/mol. The fourth-order valence-corrected chi connectivity index (χ4v) is 0.962. The minimum Gasteiger partial charge on any atom is -0.388 e. The lowest BCUT2D eigenvalue weighted by molar-refractivity contribution is 0.766. The maximum atomic E-state index is 5.39. The maximum absolute atomic E-state index is 5.39. The quantitative estimate of drug-likeness (QED) is 0.520. The Labute approximate surface area is 72.1 Å². The van der Waals surface area contributed by atoms with E-state index in [1.165, 1.54) is 5.56 Å². The van der Waals surface area contributed by atoms with Gasteiger partial charge in [-0.3, -0.25) is 9.67 Å². The van der Waals surface area contributed by atoms with Crippen molar-refractivity contribution >= 4 is 5.84 Å². The van der Waals surface area contributed by atoms with Gasteiger partial charge >= 0.3 is 0 Å². The topological polar surface area (TPSA) is 56.2 Å². The Bertz CT molecular complexity index is 270. The first kappa shape index (κ1) is 8.77. The van der Waals surface area contributed by atoms with Crippen molar-refractivity contribution in [3.8, 4) is 0 Å². The first-order chi connectivity index (χ1) is 5.68. The number of nitrogens with two attached hydrogens (primary N) is 1.